The highest BCUT2D eigenvalue weighted by Crippen LogP contribution is 2.18. The number of nitrogens with zero attached hydrogens (tertiary/aromatic N) is 1. The lowest BCUT2D eigenvalue weighted by Gasteiger charge is -2.16. The van der Waals surface area contributed by atoms with Gasteiger partial charge in [-0.3, -0.25) is 4.79 Å². The first kappa shape index (κ1) is 15.1. The van der Waals surface area contributed by atoms with Gasteiger partial charge in [0, 0.05) is 30.9 Å². The van der Waals surface area contributed by atoms with Crippen molar-refractivity contribution < 1.29 is 14.3 Å². The van der Waals surface area contributed by atoms with Crippen LogP contribution in [-0.2, 0) is 16.0 Å². The Morgan fingerprint density at radius 3 is 2.71 bits per heavy atom. The fraction of sp³-hybridized carbons (Fsp3) is 0.375. The number of hydrogen-bond donors (Lipinski definition) is 1. The molecular weight excluding hydrogens is 268 g/mol. The Kier molecular flexibility index (Phi) is 4.62. The van der Waals surface area contributed by atoms with Crippen LogP contribution >= 0.6 is 0 Å². The van der Waals surface area contributed by atoms with E-state index in [9.17, 15) is 9.59 Å². The minimum absolute atomic E-state index is 0.143. The van der Waals surface area contributed by atoms with E-state index in [0.717, 1.165) is 22.9 Å². The number of likely N-dealkylation sites (N-methyl/N-ethyl adjacent to an activating group) is 1. The summed E-state index contributed by atoms with van der Waals surface area (Å²) in [7, 11) is 3.17. The van der Waals surface area contributed by atoms with Gasteiger partial charge in [0.2, 0.25) is 5.91 Å². The van der Waals surface area contributed by atoms with Gasteiger partial charge < -0.3 is 14.6 Å². The molecule has 2 aromatic rings. The smallest absolute Gasteiger partial charge is 0.354 e. The topological polar surface area (TPSA) is 62.4 Å². The summed E-state index contributed by atoms with van der Waals surface area (Å²) in [4.78, 5) is 27.8. The molecule has 0 unspecified atom stereocenters. The number of fused-ring (bicyclic) bond motifs is 1. The molecular formula is C16H20N2O3. The Labute approximate surface area is 123 Å². The lowest BCUT2D eigenvalue weighted by atomic mass is 10.1. The van der Waals surface area contributed by atoms with Gasteiger partial charge in [0.15, 0.2) is 0 Å². The fourth-order valence-electron chi connectivity index (χ4n) is 2.24. The van der Waals surface area contributed by atoms with Crippen LogP contribution in [0.2, 0.25) is 0 Å². The van der Waals surface area contributed by atoms with Crippen molar-refractivity contribution in [3.63, 3.8) is 0 Å². The SMILES string of the molecule is CCC(=O)N(C)CCc1ccc2cc(C(=O)OC)[nH]c2c1. The zero-order valence-corrected chi connectivity index (χ0v) is 12.6. The van der Waals surface area contributed by atoms with Crippen molar-refractivity contribution in [2.45, 2.75) is 19.8 Å². The van der Waals surface area contributed by atoms with Gasteiger partial charge in [0.1, 0.15) is 5.69 Å². The van der Waals surface area contributed by atoms with Crippen LogP contribution in [0.25, 0.3) is 10.9 Å². The average molecular weight is 288 g/mol. The molecule has 1 aromatic carbocycles. The van der Waals surface area contributed by atoms with Crippen LogP contribution < -0.4 is 0 Å². The maximum absolute atomic E-state index is 11.5. The molecule has 0 aliphatic rings. The standard InChI is InChI=1S/C16H20N2O3/c1-4-15(19)18(2)8-7-11-5-6-12-10-14(16(20)21-3)17-13(12)9-11/h5-6,9-10,17H,4,7-8H2,1-3H3. The summed E-state index contributed by atoms with van der Waals surface area (Å²) in [5.74, 6) is -0.232. The molecule has 1 aromatic heterocycles. The molecule has 1 heterocycles. The van der Waals surface area contributed by atoms with Gasteiger partial charge in [-0.05, 0) is 24.1 Å². The third kappa shape index (κ3) is 3.42. The van der Waals surface area contributed by atoms with Gasteiger partial charge in [0.25, 0.3) is 0 Å². The van der Waals surface area contributed by atoms with E-state index in [0.29, 0.717) is 18.7 Å². The summed E-state index contributed by atoms with van der Waals surface area (Å²) in [5, 5.41) is 0.970. The second-order valence-corrected chi connectivity index (χ2v) is 5.02. The third-order valence-electron chi connectivity index (χ3n) is 3.56. The largest absolute Gasteiger partial charge is 0.464 e. The molecule has 112 valence electrons. The summed E-state index contributed by atoms with van der Waals surface area (Å²) in [6, 6.07) is 7.76. The van der Waals surface area contributed by atoms with E-state index >= 15 is 0 Å². The second kappa shape index (κ2) is 6.43. The Balaban J connectivity index is 2.12. The number of hydrogen-bond acceptors (Lipinski definition) is 3. The van der Waals surface area contributed by atoms with Crippen molar-refractivity contribution in [2.75, 3.05) is 20.7 Å². The molecule has 2 rings (SSSR count). The third-order valence-corrected chi connectivity index (χ3v) is 3.56. The van der Waals surface area contributed by atoms with E-state index < -0.39 is 0 Å². The van der Waals surface area contributed by atoms with Crippen LogP contribution in [0.1, 0.15) is 29.4 Å². The number of methoxy groups -OCH3 is 1. The zero-order chi connectivity index (χ0) is 15.4. The van der Waals surface area contributed by atoms with Crippen LogP contribution in [0.4, 0.5) is 0 Å². The number of aromatic nitrogens is 1. The second-order valence-electron chi connectivity index (χ2n) is 5.02. The normalized spacial score (nSPS) is 10.6. The summed E-state index contributed by atoms with van der Waals surface area (Å²) in [6.07, 6.45) is 1.30. The minimum atomic E-state index is -0.374. The zero-order valence-electron chi connectivity index (χ0n) is 12.6. The average Bonchev–Trinajstić information content (AvgIpc) is 2.93. The first-order valence-corrected chi connectivity index (χ1v) is 6.99. The Bertz CT molecular complexity index is 661. The van der Waals surface area contributed by atoms with Gasteiger partial charge in [-0.2, -0.15) is 0 Å². The molecule has 1 amide bonds. The molecule has 0 saturated carbocycles. The number of esters is 1. The molecule has 0 spiro atoms. The van der Waals surface area contributed by atoms with Crippen LogP contribution in [0.15, 0.2) is 24.3 Å². The van der Waals surface area contributed by atoms with Crippen molar-refractivity contribution >= 4 is 22.8 Å². The van der Waals surface area contributed by atoms with Gasteiger partial charge in [-0.15, -0.1) is 0 Å². The van der Waals surface area contributed by atoms with E-state index in [-0.39, 0.29) is 11.9 Å². The summed E-state index contributed by atoms with van der Waals surface area (Å²) >= 11 is 0. The van der Waals surface area contributed by atoms with Crippen molar-refractivity contribution in [1.29, 1.82) is 0 Å². The molecule has 0 aliphatic heterocycles. The number of rotatable bonds is 5. The number of carbonyl (C=O) groups excluding carboxylic acids is 2. The van der Waals surface area contributed by atoms with Crippen molar-refractivity contribution in [2.24, 2.45) is 0 Å². The molecule has 0 aliphatic carbocycles. The van der Waals surface area contributed by atoms with E-state index in [1.165, 1.54) is 7.11 Å². The molecule has 0 saturated heterocycles. The number of nitrogens with one attached hydrogen (secondary N) is 1. The molecule has 5 heteroatoms. The number of aromatic amines is 1. The first-order chi connectivity index (χ1) is 10.0. The highest BCUT2D eigenvalue weighted by Gasteiger charge is 2.10. The van der Waals surface area contributed by atoms with Gasteiger partial charge in [-0.1, -0.05) is 19.1 Å². The van der Waals surface area contributed by atoms with Crippen LogP contribution in [0.3, 0.4) is 0 Å². The molecule has 0 bridgehead atoms. The maximum atomic E-state index is 11.5. The quantitative estimate of drug-likeness (QED) is 0.859. The van der Waals surface area contributed by atoms with Gasteiger partial charge in [0.05, 0.1) is 7.11 Å². The maximum Gasteiger partial charge on any atom is 0.354 e. The monoisotopic (exact) mass is 288 g/mol. The lowest BCUT2D eigenvalue weighted by molar-refractivity contribution is -0.129. The Morgan fingerprint density at radius 1 is 1.29 bits per heavy atom. The van der Waals surface area contributed by atoms with E-state index in [1.807, 2.05) is 32.2 Å². The highest BCUT2D eigenvalue weighted by molar-refractivity contribution is 5.94. The summed E-state index contributed by atoms with van der Waals surface area (Å²) < 4.78 is 4.70. The number of benzene rings is 1. The first-order valence-electron chi connectivity index (χ1n) is 6.99. The Morgan fingerprint density at radius 2 is 2.05 bits per heavy atom. The van der Waals surface area contributed by atoms with Crippen LogP contribution in [0, 0.1) is 0 Å². The Hall–Kier alpha value is -2.30. The van der Waals surface area contributed by atoms with Crippen LogP contribution in [-0.4, -0.2) is 42.5 Å². The molecule has 0 radical (unpaired) electrons. The van der Waals surface area contributed by atoms with Gasteiger partial charge in [-0.25, -0.2) is 4.79 Å². The number of H-pyrrole nitrogens is 1. The number of amides is 1. The van der Waals surface area contributed by atoms with Crippen molar-refractivity contribution in [1.82, 2.24) is 9.88 Å². The van der Waals surface area contributed by atoms with Crippen LogP contribution in [0.5, 0.6) is 0 Å². The van der Waals surface area contributed by atoms with E-state index in [4.69, 9.17) is 4.74 Å². The fourth-order valence-corrected chi connectivity index (χ4v) is 2.24. The highest BCUT2D eigenvalue weighted by atomic mass is 16.5. The number of carbonyl (C=O) groups is 2. The summed E-state index contributed by atoms with van der Waals surface area (Å²) in [5.41, 5.74) is 2.47. The van der Waals surface area contributed by atoms with Gasteiger partial charge >= 0.3 is 5.97 Å². The van der Waals surface area contributed by atoms with Crippen molar-refractivity contribution in [3.8, 4) is 0 Å². The molecule has 1 N–H and O–H groups in total. The van der Waals surface area contributed by atoms with E-state index in [1.54, 1.807) is 11.0 Å². The number of ether oxygens (including phenoxy) is 1. The molecule has 5 nitrogen and oxygen atoms in total. The lowest BCUT2D eigenvalue weighted by Crippen LogP contribution is -2.27. The summed E-state index contributed by atoms with van der Waals surface area (Å²) in [6.45, 7) is 2.54. The minimum Gasteiger partial charge on any atom is -0.464 e. The predicted molar refractivity (Wildman–Crippen MR) is 81.3 cm³/mol. The molecule has 0 fully saturated rings. The molecule has 21 heavy (non-hydrogen) atoms. The van der Waals surface area contributed by atoms with Crippen molar-refractivity contribution in [3.05, 3.63) is 35.5 Å². The van der Waals surface area contributed by atoms with E-state index in [2.05, 4.69) is 4.98 Å². The molecule has 0 atom stereocenters. The predicted octanol–water partition coefficient (Wildman–Crippen LogP) is 2.37.